The third-order valence-corrected chi connectivity index (χ3v) is 5.47. The van der Waals surface area contributed by atoms with Crippen LogP contribution in [-0.2, 0) is 11.3 Å². The number of rotatable bonds is 3. The number of hydrogen-bond acceptors (Lipinski definition) is 3. The van der Waals surface area contributed by atoms with Gasteiger partial charge in [0.2, 0.25) is 0 Å². The van der Waals surface area contributed by atoms with E-state index in [1.54, 1.807) is 0 Å². The average Bonchev–Trinajstić information content (AvgIpc) is 2.84. The van der Waals surface area contributed by atoms with Gasteiger partial charge < -0.3 is 4.74 Å². The Kier molecular flexibility index (Phi) is 4.29. The lowest BCUT2D eigenvalue weighted by atomic mass is 10.2. The van der Waals surface area contributed by atoms with Crippen LogP contribution in [0.1, 0.15) is 15.2 Å². The fraction of sp³-hybridized carbons (Fsp3) is 0.0625. The molecular weight excluding hydrogens is 372 g/mol. The number of carbonyl (C=O) groups is 1. The predicted molar refractivity (Wildman–Crippen MR) is 90.1 cm³/mol. The lowest BCUT2D eigenvalue weighted by Gasteiger charge is -2.05. The highest BCUT2D eigenvalue weighted by Gasteiger charge is 2.18. The molecule has 0 aliphatic rings. The molecule has 2 aromatic carbocycles. The van der Waals surface area contributed by atoms with E-state index >= 15 is 0 Å². The zero-order valence-electron chi connectivity index (χ0n) is 10.8. The van der Waals surface area contributed by atoms with Gasteiger partial charge in [-0.1, -0.05) is 63.9 Å². The lowest BCUT2D eigenvalue weighted by Crippen LogP contribution is -2.04. The minimum Gasteiger partial charge on any atom is -0.457 e. The van der Waals surface area contributed by atoms with E-state index in [9.17, 15) is 4.79 Å². The van der Waals surface area contributed by atoms with Crippen molar-refractivity contribution in [2.24, 2.45) is 0 Å². The van der Waals surface area contributed by atoms with Crippen LogP contribution in [0.5, 0.6) is 0 Å². The number of halogens is 2. The third-order valence-electron chi connectivity index (χ3n) is 3.04. The van der Waals surface area contributed by atoms with E-state index < -0.39 is 5.97 Å². The number of ether oxygens (including phenoxy) is 1. The van der Waals surface area contributed by atoms with E-state index in [0.29, 0.717) is 9.90 Å². The quantitative estimate of drug-likeness (QED) is 0.546. The molecule has 0 fully saturated rings. The second kappa shape index (κ2) is 6.18. The van der Waals surface area contributed by atoms with E-state index in [-0.39, 0.29) is 6.61 Å². The molecule has 1 heterocycles. The molecule has 3 rings (SSSR count). The molecule has 106 valence electrons. The second-order valence-electron chi connectivity index (χ2n) is 4.41. The first-order chi connectivity index (χ1) is 10.2. The van der Waals surface area contributed by atoms with Crippen molar-refractivity contribution in [1.29, 1.82) is 0 Å². The van der Waals surface area contributed by atoms with Gasteiger partial charge in [0.05, 0.1) is 5.02 Å². The molecule has 0 saturated heterocycles. The summed E-state index contributed by atoms with van der Waals surface area (Å²) in [6.45, 7) is 0.213. The highest BCUT2D eigenvalue weighted by Crippen LogP contribution is 2.35. The van der Waals surface area contributed by atoms with Crippen molar-refractivity contribution in [3.05, 3.63) is 68.5 Å². The molecule has 0 aliphatic heterocycles. The maximum atomic E-state index is 12.2. The van der Waals surface area contributed by atoms with Gasteiger partial charge in [-0.25, -0.2) is 4.79 Å². The molecule has 0 saturated carbocycles. The van der Waals surface area contributed by atoms with Crippen LogP contribution in [0.3, 0.4) is 0 Å². The number of thiophene rings is 1. The van der Waals surface area contributed by atoms with Crippen LogP contribution in [-0.4, -0.2) is 5.97 Å². The largest absolute Gasteiger partial charge is 0.457 e. The summed E-state index contributed by atoms with van der Waals surface area (Å²) in [6.07, 6.45) is 0. The minimum absolute atomic E-state index is 0.213. The van der Waals surface area contributed by atoms with Crippen molar-refractivity contribution in [3.8, 4) is 0 Å². The summed E-state index contributed by atoms with van der Waals surface area (Å²) in [5.41, 5.74) is 0.920. The van der Waals surface area contributed by atoms with Gasteiger partial charge in [-0.3, -0.25) is 0 Å². The summed E-state index contributed by atoms with van der Waals surface area (Å²) in [4.78, 5) is 12.7. The standard InChI is InChI=1S/C16H10BrClO2S/c17-12-7-3-1-5-10(12)9-20-16(19)15-14(18)11-6-2-4-8-13(11)21-15/h1-8H,9H2. The van der Waals surface area contributed by atoms with Crippen molar-refractivity contribution in [2.45, 2.75) is 6.61 Å². The second-order valence-corrected chi connectivity index (χ2v) is 6.69. The number of benzene rings is 2. The number of esters is 1. The summed E-state index contributed by atoms with van der Waals surface area (Å²) < 4.78 is 7.26. The van der Waals surface area contributed by atoms with Crippen LogP contribution in [0, 0.1) is 0 Å². The van der Waals surface area contributed by atoms with Gasteiger partial charge in [0.1, 0.15) is 11.5 Å². The maximum absolute atomic E-state index is 12.2. The Morgan fingerprint density at radius 1 is 1.14 bits per heavy atom. The first-order valence-corrected chi connectivity index (χ1v) is 8.23. The van der Waals surface area contributed by atoms with E-state index in [4.69, 9.17) is 16.3 Å². The fourth-order valence-corrected chi connectivity index (χ4v) is 3.77. The molecule has 0 amide bonds. The maximum Gasteiger partial charge on any atom is 0.350 e. The monoisotopic (exact) mass is 380 g/mol. The molecule has 1 aromatic heterocycles. The van der Waals surface area contributed by atoms with Crippen molar-refractivity contribution in [2.75, 3.05) is 0 Å². The number of fused-ring (bicyclic) bond motifs is 1. The van der Waals surface area contributed by atoms with E-state index in [1.165, 1.54) is 11.3 Å². The first-order valence-electron chi connectivity index (χ1n) is 6.24. The fourth-order valence-electron chi connectivity index (χ4n) is 1.97. The van der Waals surface area contributed by atoms with Gasteiger partial charge in [0.25, 0.3) is 0 Å². The third kappa shape index (κ3) is 2.98. The highest BCUT2D eigenvalue weighted by atomic mass is 79.9. The molecule has 0 spiro atoms. The molecule has 0 unspecified atom stereocenters. The van der Waals surface area contributed by atoms with Crippen molar-refractivity contribution in [1.82, 2.24) is 0 Å². The summed E-state index contributed by atoms with van der Waals surface area (Å²) in [5, 5.41) is 1.35. The topological polar surface area (TPSA) is 26.3 Å². The average molecular weight is 382 g/mol. The Morgan fingerprint density at radius 2 is 1.86 bits per heavy atom. The van der Waals surface area contributed by atoms with Gasteiger partial charge >= 0.3 is 5.97 Å². The van der Waals surface area contributed by atoms with Crippen LogP contribution in [0.4, 0.5) is 0 Å². The van der Waals surface area contributed by atoms with Gasteiger partial charge in [0, 0.05) is 20.1 Å². The number of carbonyl (C=O) groups excluding carboxylic acids is 1. The predicted octanol–water partition coefficient (Wildman–Crippen LogP) is 5.67. The van der Waals surface area contributed by atoms with Gasteiger partial charge in [-0.15, -0.1) is 11.3 Å². The first kappa shape index (κ1) is 14.6. The molecule has 0 radical (unpaired) electrons. The van der Waals surface area contributed by atoms with Crippen LogP contribution in [0.25, 0.3) is 10.1 Å². The van der Waals surface area contributed by atoms with Crippen LogP contribution < -0.4 is 0 Å². The molecule has 0 atom stereocenters. The van der Waals surface area contributed by atoms with E-state index in [2.05, 4.69) is 15.9 Å². The highest BCUT2D eigenvalue weighted by molar-refractivity contribution is 9.10. The van der Waals surface area contributed by atoms with Crippen LogP contribution in [0.15, 0.2) is 53.0 Å². The van der Waals surface area contributed by atoms with Crippen LogP contribution >= 0.6 is 38.9 Å². The number of hydrogen-bond donors (Lipinski definition) is 0. The Bertz CT molecular complexity index is 813. The Balaban J connectivity index is 1.81. The summed E-state index contributed by atoms with van der Waals surface area (Å²) >= 11 is 11.0. The summed E-state index contributed by atoms with van der Waals surface area (Å²) in [6, 6.07) is 15.3. The molecule has 2 nitrogen and oxygen atoms in total. The van der Waals surface area contributed by atoms with Crippen molar-refractivity contribution < 1.29 is 9.53 Å². The zero-order chi connectivity index (χ0) is 14.8. The molecule has 0 N–H and O–H groups in total. The minimum atomic E-state index is -0.392. The normalized spacial score (nSPS) is 10.8. The summed E-state index contributed by atoms with van der Waals surface area (Å²) in [5.74, 6) is -0.392. The van der Waals surface area contributed by atoms with Gasteiger partial charge in [-0.2, -0.15) is 0 Å². The Morgan fingerprint density at radius 3 is 2.62 bits per heavy atom. The molecule has 3 aromatic rings. The SMILES string of the molecule is O=C(OCc1ccccc1Br)c1sc2ccccc2c1Cl. The van der Waals surface area contributed by atoms with E-state index in [1.807, 2.05) is 48.5 Å². The Hall–Kier alpha value is -1.36. The van der Waals surface area contributed by atoms with Gasteiger partial charge in [-0.05, 0) is 12.1 Å². The Labute approximate surface area is 139 Å². The summed E-state index contributed by atoms with van der Waals surface area (Å²) in [7, 11) is 0. The van der Waals surface area contributed by atoms with Crippen LogP contribution in [0.2, 0.25) is 5.02 Å². The van der Waals surface area contributed by atoms with Crippen molar-refractivity contribution in [3.63, 3.8) is 0 Å². The lowest BCUT2D eigenvalue weighted by molar-refractivity contribution is 0.0478. The van der Waals surface area contributed by atoms with E-state index in [0.717, 1.165) is 20.1 Å². The zero-order valence-corrected chi connectivity index (χ0v) is 14.0. The molecule has 21 heavy (non-hydrogen) atoms. The van der Waals surface area contributed by atoms with Crippen molar-refractivity contribution >= 4 is 54.9 Å². The smallest absolute Gasteiger partial charge is 0.350 e. The molecule has 0 bridgehead atoms. The van der Waals surface area contributed by atoms with Gasteiger partial charge in [0.15, 0.2) is 0 Å². The molecule has 5 heteroatoms. The molecule has 0 aliphatic carbocycles. The molecular formula is C16H10BrClO2S.